The summed E-state index contributed by atoms with van der Waals surface area (Å²) in [5.74, 6) is -1.80. The number of carboxylic acid groups (broad SMARTS) is 1. The molecule has 100 valence electrons. The van der Waals surface area contributed by atoms with Gasteiger partial charge >= 0.3 is 5.97 Å². The first-order valence-electron chi connectivity index (χ1n) is 5.03. The third-order valence-electron chi connectivity index (χ3n) is 2.06. The third-order valence-corrected chi connectivity index (χ3v) is 3.01. The van der Waals surface area contributed by atoms with E-state index >= 15 is 0 Å². The molecule has 0 aliphatic carbocycles. The molecule has 1 aromatic heterocycles. The van der Waals surface area contributed by atoms with Crippen LogP contribution in [0.15, 0.2) is 16.7 Å². The van der Waals surface area contributed by atoms with E-state index in [2.05, 4.69) is 5.32 Å². The molecule has 0 aromatic carbocycles. The van der Waals surface area contributed by atoms with Crippen molar-refractivity contribution in [3.8, 4) is 0 Å². The number of furan rings is 1. The van der Waals surface area contributed by atoms with Crippen LogP contribution >= 0.6 is 0 Å². The molecule has 0 spiro atoms. The molecule has 0 radical (unpaired) electrons. The Bertz CT molecular complexity index is 544. The Hall–Kier alpha value is -1.83. The lowest BCUT2D eigenvalue weighted by molar-refractivity contribution is -0.136. The first-order chi connectivity index (χ1) is 8.29. The lowest BCUT2D eigenvalue weighted by Gasteiger charge is -2.03. The Kier molecular flexibility index (Phi) is 4.49. The van der Waals surface area contributed by atoms with Crippen molar-refractivity contribution >= 4 is 21.7 Å². The molecule has 1 amide bonds. The molecule has 0 aliphatic rings. The van der Waals surface area contributed by atoms with E-state index < -0.39 is 28.1 Å². The largest absolute Gasteiger partial charge is 0.481 e. The van der Waals surface area contributed by atoms with Gasteiger partial charge in [0.05, 0.1) is 17.6 Å². The quantitative estimate of drug-likeness (QED) is 0.735. The number of nitrogens with one attached hydrogen (secondary N) is 1. The molecule has 1 rings (SSSR count). The van der Waals surface area contributed by atoms with Gasteiger partial charge in [-0.2, -0.15) is 0 Å². The predicted octanol–water partition coefficient (Wildman–Crippen LogP) is -0.319. The Morgan fingerprint density at radius 2 is 2.11 bits per heavy atom. The highest BCUT2D eigenvalue weighted by molar-refractivity contribution is 7.90. The Morgan fingerprint density at radius 1 is 1.44 bits per heavy atom. The van der Waals surface area contributed by atoms with E-state index in [9.17, 15) is 18.0 Å². The molecule has 0 aliphatic heterocycles. The summed E-state index contributed by atoms with van der Waals surface area (Å²) < 4.78 is 26.6. The number of carbonyl (C=O) groups is 2. The lowest BCUT2D eigenvalue weighted by Crippen LogP contribution is -2.29. The summed E-state index contributed by atoms with van der Waals surface area (Å²) in [6.07, 6.45) is 1.87. The fourth-order valence-electron chi connectivity index (χ4n) is 1.26. The molecule has 1 heterocycles. The number of rotatable bonds is 6. The highest BCUT2D eigenvalue weighted by Gasteiger charge is 2.17. The van der Waals surface area contributed by atoms with Crippen molar-refractivity contribution in [3.05, 3.63) is 23.7 Å². The van der Waals surface area contributed by atoms with E-state index in [4.69, 9.17) is 9.52 Å². The maximum Gasteiger partial charge on any atom is 0.311 e. The van der Waals surface area contributed by atoms with Crippen molar-refractivity contribution in [2.45, 2.75) is 6.42 Å². The summed E-state index contributed by atoms with van der Waals surface area (Å²) in [4.78, 5) is 22.2. The number of carbonyl (C=O) groups excluding carboxylic acids is 1. The Balaban J connectivity index is 2.62. The highest BCUT2D eigenvalue weighted by Crippen LogP contribution is 2.11. The summed E-state index contributed by atoms with van der Waals surface area (Å²) in [5.41, 5.74) is 0.103. The number of sulfone groups is 1. The SMILES string of the molecule is CS(=O)(=O)CCNC(=O)c1ccoc1CC(=O)O. The van der Waals surface area contributed by atoms with Crippen LogP contribution in [0.3, 0.4) is 0 Å². The van der Waals surface area contributed by atoms with Crippen LogP contribution in [0.5, 0.6) is 0 Å². The Labute approximate surface area is 104 Å². The second kappa shape index (κ2) is 5.67. The highest BCUT2D eigenvalue weighted by atomic mass is 32.2. The Morgan fingerprint density at radius 3 is 2.67 bits per heavy atom. The molecule has 18 heavy (non-hydrogen) atoms. The molecule has 8 heteroatoms. The summed E-state index contributed by atoms with van der Waals surface area (Å²) in [6, 6.07) is 1.34. The molecular formula is C10H13NO6S. The molecule has 0 saturated heterocycles. The average Bonchev–Trinajstić information content (AvgIpc) is 2.62. The number of hydrogen-bond donors (Lipinski definition) is 2. The normalized spacial score (nSPS) is 11.2. The van der Waals surface area contributed by atoms with Gasteiger partial charge in [0.25, 0.3) is 5.91 Å². The molecular weight excluding hydrogens is 262 g/mol. The van der Waals surface area contributed by atoms with Gasteiger partial charge in [0.1, 0.15) is 22.0 Å². The van der Waals surface area contributed by atoms with E-state index in [1.165, 1.54) is 12.3 Å². The minimum absolute atomic E-state index is 0.0324. The maximum atomic E-state index is 11.6. The van der Waals surface area contributed by atoms with Gasteiger partial charge in [-0.15, -0.1) is 0 Å². The molecule has 2 N–H and O–H groups in total. The van der Waals surface area contributed by atoms with Gasteiger partial charge in [0, 0.05) is 12.8 Å². The third kappa shape index (κ3) is 4.58. The first kappa shape index (κ1) is 14.2. The van der Waals surface area contributed by atoms with Crippen LogP contribution in [-0.4, -0.2) is 44.0 Å². The predicted molar refractivity (Wildman–Crippen MR) is 62.1 cm³/mol. The smallest absolute Gasteiger partial charge is 0.311 e. The van der Waals surface area contributed by atoms with Crippen LogP contribution in [0.25, 0.3) is 0 Å². The second-order valence-electron chi connectivity index (χ2n) is 3.71. The number of hydrogen-bond acceptors (Lipinski definition) is 5. The van der Waals surface area contributed by atoms with E-state index in [1.54, 1.807) is 0 Å². The topological polar surface area (TPSA) is 114 Å². The summed E-state index contributed by atoms with van der Waals surface area (Å²) >= 11 is 0. The second-order valence-corrected chi connectivity index (χ2v) is 5.97. The molecule has 0 bridgehead atoms. The monoisotopic (exact) mass is 275 g/mol. The van der Waals surface area contributed by atoms with Crippen molar-refractivity contribution in [2.24, 2.45) is 0 Å². The molecule has 7 nitrogen and oxygen atoms in total. The maximum absolute atomic E-state index is 11.6. The lowest BCUT2D eigenvalue weighted by atomic mass is 10.2. The molecule has 0 fully saturated rings. The van der Waals surface area contributed by atoms with Gasteiger partial charge in [-0.05, 0) is 6.07 Å². The van der Waals surface area contributed by atoms with Gasteiger partial charge in [0.15, 0.2) is 0 Å². The molecule has 1 aromatic rings. The van der Waals surface area contributed by atoms with Crippen LogP contribution in [0.2, 0.25) is 0 Å². The summed E-state index contributed by atoms with van der Waals surface area (Å²) in [6.45, 7) is -0.0324. The number of amides is 1. The average molecular weight is 275 g/mol. The number of carboxylic acids is 1. The van der Waals surface area contributed by atoms with E-state index in [-0.39, 0.29) is 23.6 Å². The summed E-state index contributed by atoms with van der Waals surface area (Å²) in [7, 11) is -3.15. The van der Waals surface area contributed by atoms with Gasteiger partial charge in [0.2, 0.25) is 0 Å². The van der Waals surface area contributed by atoms with Crippen LogP contribution < -0.4 is 5.32 Å². The molecule has 0 atom stereocenters. The van der Waals surface area contributed by atoms with Crippen molar-refractivity contribution in [2.75, 3.05) is 18.6 Å². The van der Waals surface area contributed by atoms with Crippen molar-refractivity contribution in [1.29, 1.82) is 0 Å². The number of aliphatic carboxylic acids is 1. The van der Waals surface area contributed by atoms with Crippen LogP contribution in [0, 0.1) is 0 Å². The summed E-state index contributed by atoms with van der Waals surface area (Å²) in [5, 5.41) is 11.0. The standard InChI is InChI=1S/C10H13NO6S/c1-18(15,16)5-3-11-10(14)7-2-4-17-8(7)6-9(12)13/h2,4H,3,5-6H2,1H3,(H,11,14)(H,12,13). The van der Waals surface area contributed by atoms with E-state index in [0.29, 0.717) is 0 Å². The van der Waals surface area contributed by atoms with E-state index in [0.717, 1.165) is 6.26 Å². The van der Waals surface area contributed by atoms with E-state index in [1.807, 2.05) is 0 Å². The van der Waals surface area contributed by atoms with Gasteiger partial charge in [-0.1, -0.05) is 0 Å². The van der Waals surface area contributed by atoms with Gasteiger partial charge < -0.3 is 14.8 Å². The van der Waals surface area contributed by atoms with Crippen molar-refractivity contribution in [3.63, 3.8) is 0 Å². The fraction of sp³-hybridized carbons (Fsp3) is 0.400. The minimum atomic E-state index is -3.15. The minimum Gasteiger partial charge on any atom is -0.481 e. The van der Waals surface area contributed by atoms with Crippen LogP contribution in [-0.2, 0) is 21.1 Å². The van der Waals surface area contributed by atoms with Crippen molar-refractivity contribution in [1.82, 2.24) is 5.32 Å². The van der Waals surface area contributed by atoms with Crippen LogP contribution in [0.1, 0.15) is 16.1 Å². The van der Waals surface area contributed by atoms with Gasteiger partial charge in [-0.3, -0.25) is 9.59 Å². The zero-order valence-electron chi connectivity index (χ0n) is 9.67. The van der Waals surface area contributed by atoms with Crippen LogP contribution in [0.4, 0.5) is 0 Å². The van der Waals surface area contributed by atoms with Gasteiger partial charge in [-0.25, -0.2) is 8.42 Å². The molecule has 0 unspecified atom stereocenters. The molecule has 0 saturated carbocycles. The first-order valence-corrected chi connectivity index (χ1v) is 7.10. The fourth-order valence-corrected chi connectivity index (χ4v) is 1.74. The zero-order chi connectivity index (χ0) is 13.8. The zero-order valence-corrected chi connectivity index (χ0v) is 10.5. The van der Waals surface area contributed by atoms with Crippen molar-refractivity contribution < 1.29 is 27.5 Å².